The highest BCUT2D eigenvalue weighted by molar-refractivity contribution is 7.86. The standard InChI is InChI=1S/C10H9NO5S/c1-2-3-8-16-17(14,15)10-6-4-9(5-7-10)11(12)13/h1,4-7H,3,8H2. The molecule has 0 unspecified atom stereocenters. The number of nitro benzene ring substituents is 1. The highest BCUT2D eigenvalue weighted by Crippen LogP contribution is 2.17. The Hall–Kier alpha value is -1.91. The van der Waals surface area contributed by atoms with Gasteiger partial charge in [0.1, 0.15) is 0 Å². The lowest BCUT2D eigenvalue weighted by molar-refractivity contribution is -0.384. The predicted molar refractivity (Wildman–Crippen MR) is 59.7 cm³/mol. The Morgan fingerprint density at radius 1 is 1.35 bits per heavy atom. The van der Waals surface area contributed by atoms with Gasteiger partial charge in [0, 0.05) is 18.6 Å². The van der Waals surface area contributed by atoms with Gasteiger partial charge in [-0.3, -0.25) is 14.3 Å². The van der Waals surface area contributed by atoms with Crippen molar-refractivity contribution in [2.24, 2.45) is 0 Å². The van der Waals surface area contributed by atoms with E-state index in [4.69, 9.17) is 6.42 Å². The second kappa shape index (κ2) is 5.43. The zero-order chi connectivity index (χ0) is 12.9. The molecular weight excluding hydrogens is 246 g/mol. The van der Waals surface area contributed by atoms with Gasteiger partial charge in [0.05, 0.1) is 16.4 Å². The molecule has 0 N–H and O–H groups in total. The second-order valence-corrected chi connectivity index (χ2v) is 4.60. The summed E-state index contributed by atoms with van der Waals surface area (Å²) in [5.74, 6) is 2.24. The molecule has 0 atom stereocenters. The Morgan fingerprint density at radius 3 is 2.41 bits per heavy atom. The van der Waals surface area contributed by atoms with Crippen LogP contribution < -0.4 is 0 Å². The topological polar surface area (TPSA) is 86.5 Å². The molecule has 90 valence electrons. The van der Waals surface area contributed by atoms with Crippen LogP contribution in [0, 0.1) is 22.5 Å². The van der Waals surface area contributed by atoms with E-state index in [1.165, 1.54) is 0 Å². The third kappa shape index (κ3) is 3.55. The van der Waals surface area contributed by atoms with Gasteiger partial charge in [0.15, 0.2) is 0 Å². The SMILES string of the molecule is C#CCCOS(=O)(=O)c1ccc([N+](=O)[O-])cc1. The largest absolute Gasteiger partial charge is 0.297 e. The Kier molecular flexibility index (Phi) is 4.20. The molecule has 0 aromatic heterocycles. The van der Waals surface area contributed by atoms with Crippen molar-refractivity contribution in [3.63, 3.8) is 0 Å². The van der Waals surface area contributed by atoms with Crippen LogP contribution in [0.1, 0.15) is 6.42 Å². The maximum atomic E-state index is 11.5. The number of hydrogen-bond donors (Lipinski definition) is 0. The predicted octanol–water partition coefficient (Wildman–Crippen LogP) is 1.32. The molecule has 0 saturated carbocycles. The van der Waals surface area contributed by atoms with E-state index in [1.54, 1.807) is 0 Å². The van der Waals surface area contributed by atoms with E-state index >= 15 is 0 Å². The maximum Gasteiger partial charge on any atom is 0.297 e. The molecule has 1 aromatic carbocycles. The number of non-ortho nitro benzene ring substituents is 1. The van der Waals surface area contributed by atoms with Crippen LogP contribution >= 0.6 is 0 Å². The molecule has 0 radical (unpaired) electrons. The van der Waals surface area contributed by atoms with E-state index in [-0.39, 0.29) is 23.6 Å². The average molecular weight is 255 g/mol. The van der Waals surface area contributed by atoms with E-state index in [9.17, 15) is 18.5 Å². The Labute approximate surface area is 98.5 Å². The molecule has 6 nitrogen and oxygen atoms in total. The number of nitro groups is 1. The Bertz CT molecular complexity index is 541. The maximum absolute atomic E-state index is 11.5. The van der Waals surface area contributed by atoms with Crippen molar-refractivity contribution >= 4 is 15.8 Å². The first-order chi connectivity index (χ1) is 7.97. The summed E-state index contributed by atoms with van der Waals surface area (Å²) in [7, 11) is -3.89. The lowest BCUT2D eigenvalue weighted by Gasteiger charge is -2.03. The summed E-state index contributed by atoms with van der Waals surface area (Å²) >= 11 is 0. The lowest BCUT2D eigenvalue weighted by atomic mass is 10.3. The van der Waals surface area contributed by atoms with Gasteiger partial charge >= 0.3 is 0 Å². The van der Waals surface area contributed by atoms with E-state index in [0.29, 0.717) is 0 Å². The van der Waals surface area contributed by atoms with Crippen LogP contribution in [-0.4, -0.2) is 19.9 Å². The van der Waals surface area contributed by atoms with Crippen LogP contribution in [0.4, 0.5) is 5.69 Å². The number of rotatable bonds is 5. The van der Waals surface area contributed by atoms with Gasteiger partial charge in [-0.2, -0.15) is 8.42 Å². The number of hydrogen-bond acceptors (Lipinski definition) is 5. The second-order valence-electron chi connectivity index (χ2n) is 2.98. The quantitative estimate of drug-likeness (QED) is 0.260. The first-order valence-corrected chi connectivity index (χ1v) is 5.95. The van der Waals surface area contributed by atoms with Gasteiger partial charge < -0.3 is 0 Å². The first-order valence-electron chi connectivity index (χ1n) is 4.55. The minimum Gasteiger partial charge on any atom is -0.265 e. The van der Waals surface area contributed by atoms with Gasteiger partial charge in [0.25, 0.3) is 15.8 Å². The number of nitrogens with zero attached hydrogens (tertiary/aromatic N) is 1. The molecule has 7 heteroatoms. The summed E-state index contributed by atoms with van der Waals surface area (Å²) in [6.45, 7) is -0.115. The van der Waals surface area contributed by atoms with Crippen LogP contribution in [0.2, 0.25) is 0 Å². The molecule has 0 saturated heterocycles. The fourth-order valence-corrected chi connectivity index (χ4v) is 1.92. The summed E-state index contributed by atoms with van der Waals surface area (Å²) in [6.07, 6.45) is 5.12. The minimum absolute atomic E-state index is 0.115. The van der Waals surface area contributed by atoms with Crippen molar-refractivity contribution in [2.75, 3.05) is 6.61 Å². The summed E-state index contributed by atoms with van der Waals surface area (Å²) in [6, 6.07) is 4.42. The highest BCUT2D eigenvalue weighted by Gasteiger charge is 2.16. The summed E-state index contributed by atoms with van der Waals surface area (Å²) in [5, 5.41) is 10.4. The first kappa shape index (κ1) is 13.2. The molecule has 1 rings (SSSR count). The average Bonchev–Trinajstić information content (AvgIpc) is 2.29. The van der Waals surface area contributed by atoms with Gasteiger partial charge in [0.2, 0.25) is 0 Å². The minimum atomic E-state index is -3.89. The van der Waals surface area contributed by atoms with E-state index in [2.05, 4.69) is 10.1 Å². The van der Waals surface area contributed by atoms with Crippen LogP contribution in [0.5, 0.6) is 0 Å². The fourth-order valence-electron chi connectivity index (χ4n) is 1.01. The van der Waals surface area contributed by atoms with Crippen LogP contribution in [0.3, 0.4) is 0 Å². The summed E-state index contributed by atoms with van der Waals surface area (Å²) < 4.78 is 27.7. The molecule has 0 heterocycles. The summed E-state index contributed by atoms with van der Waals surface area (Å²) in [5.41, 5.74) is -0.187. The molecule has 0 aliphatic heterocycles. The van der Waals surface area contributed by atoms with Gasteiger partial charge in [-0.15, -0.1) is 12.3 Å². The van der Waals surface area contributed by atoms with E-state index in [1.807, 2.05) is 0 Å². The lowest BCUT2D eigenvalue weighted by Crippen LogP contribution is -2.07. The number of terminal acetylenes is 1. The molecule has 0 aliphatic carbocycles. The van der Waals surface area contributed by atoms with Gasteiger partial charge in [-0.1, -0.05) is 0 Å². The van der Waals surface area contributed by atoms with Crippen molar-refractivity contribution in [1.29, 1.82) is 0 Å². The third-order valence-electron chi connectivity index (χ3n) is 1.82. The molecule has 17 heavy (non-hydrogen) atoms. The van der Waals surface area contributed by atoms with Crippen molar-refractivity contribution in [1.82, 2.24) is 0 Å². The number of benzene rings is 1. The van der Waals surface area contributed by atoms with E-state index in [0.717, 1.165) is 24.3 Å². The van der Waals surface area contributed by atoms with Gasteiger partial charge in [-0.25, -0.2) is 0 Å². The zero-order valence-electron chi connectivity index (χ0n) is 8.70. The Morgan fingerprint density at radius 2 is 1.94 bits per heavy atom. The van der Waals surface area contributed by atoms with Crippen molar-refractivity contribution in [3.8, 4) is 12.3 Å². The molecular formula is C10H9NO5S. The molecule has 0 amide bonds. The Balaban J connectivity index is 2.86. The summed E-state index contributed by atoms with van der Waals surface area (Å²) in [4.78, 5) is 9.62. The van der Waals surface area contributed by atoms with Crippen LogP contribution in [-0.2, 0) is 14.3 Å². The van der Waals surface area contributed by atoms with Gasteiger partial charge in [-0.05, 0) is 12.1 Å². The van der Waals surface area contributed by atoms with Crippen molar-refractivity contribution in [2.45, 2.75) is 11.3 Å². The van der Waals surface area contributed by atoms with Crippen LogP contribution in [0.15, 0.2) is 29.2 Å². The molecule has 0 fully saturated rings. The molecule has 0 spiro atoms. The third-order valence-corrected chi connectivity index (χ3v) is 3.15. The molecule has 1 aromatic rings. The monoisotopic (exact) mass is 255 g/mol. The molecule has 0 aliphatic rings. The molecule has 0 bridgehead atoms. The van der Waals surface area contributed by atoms with Crippen LogP contribution in [0.25, 0.3) is 0 Å². The van der Waals surface area contributed by atoms with Crippen molar-refractivity contribution < 1.29 is 17.5 Å². The normalized spacial score (nSPS) is 10.8. The van der Waals surface area contributed by atoms with Crippen molar-refractivity contribution in [3.05, 3.63) is 34.4 Å². The highest BCUT2D eigenvalue weighted by atomic mass is 32.2. The zero-order valence-corrected chi connectivity index (χ0v) is 9.51. The smallest absolute Gasteiger partial charge is 0.265 e. The van der Waals surface area contributed by atoms with E-state index < -0.39 is 15.0 Å². The fraction of sp³-hybridized carbons (Fsp3) is 0.200.